The van der Waals surface area contributed by atoms with Gasteiger partial charge in [0.2, 0.25) is 0 Å². The SMILES string of the molecule is CC(C)(C)c1cc2c(O)c(c1)Cc1cc(C(C)(C)C)cc3c1O[Si](C)(C)Oc1c(cc(C(C)(C)C)cc1C3)Cc1cc(C(C)(C)C)cc(c1O)C2.COC/C(=C/C1(O)CCCCC1)C1(O)CCCCC1.[Ti]. The van der Waals surface area contributed by atoms with E-state index in [-0.39, 0.29) is 54.9 Å². The van der Waals surface area contributed by atoms with Crippen molar-refractivity contribution in [2.75, 3.05) is 13.7 Å². The summed E-state index contributed by atoms with van der Waals surface area (Å²) in [5.41, 5.74) is 11.6. The van der Waals surface area contributed by atoms with E-state index in [0.29, 0.717) is 32.3 Å². The van der Waals surface area contributed by atoms with Crippen LogP contribution in [0.5, 0.6) is 23.0 Å². The van der Waals surface area contributed by atoms with E-state index >= 15 is 0 Å². The first-order valence-electron chi connectivity index (χ1n) is 26.5. The number of aliphatic hydroxyl groups is 2. The molecule has 71 heavy (non-hydrogen) atoms. The first kappa shape index (κ1) is 56.9. The molecule has 0 unspecified atom stereocenters. The molecular formula is C62H88O7SiTi. The van der Waals surface area contributed by atoms with Crippen LogP contribution in [-0.2, 0) is 73.8 Å². The minimum atomic E-state index is -2.83. The Morgan fingerprint density at radius 1 is 0.507 bits per heavy atom. The smallest absolute Gasteiger partial charge is 0.454 e. The molecule has 7 nitrogen and oxygen atoms in total. The Morgan fingerprint density at radius 2 is 0.789 bits per heavy atom. The number of benzene rings is 4. The minimum absolute atomic E-state index is 0. The maximum atomic E-state index is 12.2. The molecule has 3 aliphatic carbocycles. The van der Waals surface area contributed by atoms with E-state index in [2.05, 4.69) is 145 Å². The zero-order valence-corrected chi connectivity index (χ0v) is 48.9. The van der Waals surface area contributed by atoms with Crippen molar-refractivity contribution in [3.05, 3.63) is 127 Å². The van der Waals surface area contributed by atoms with Crippen LogP contribution in [0.4, 0.5) is 0 Å². The van der Waals surface area contributed by atoms with Gasteiger partial charge in [-0.1, -0.05) is 170 Å². The molecule has 9 rings (SSSR count). The standard InChI is InChI=1S/C46H60O4Si.C16H28O3.Ti/c1-43(2,3)35-19-27-15-28-20-36(44(4,5)6)22-30(40(28)48)17-32-24-38(46(10,11)12)26-34-18-33-25-37(45(7,8)9)23-31(16-29(21-35)39(27)47)41(33)49-51(13,14)50-42(32)34;1-19-13-14(16(18)10-6-3-7-11-16)12-15(17)8-4-2-5-9-15;/h19-26,47-48H,15-18H2,1-14H3;12,17-18H,2-11,13H2,1H3;/b;14-12-;. The molecule has 386 valence electrons. The van der Waals surface area contributed by atoms with Crippen molar-refractivity contribution >= 4 is 8.56 Å². The van der Waals surface area contributed by atoms with E-state index in [1.165, 1.54) is 24.0 Å². The average Bonchev–Trinajstić information content (AvgIpc) is 3.23. The van der Waals surface area contributed by atoms with Gasteiger partial charge in [0, 0.05) is 67.6 Å². The molecule has 2 heterocycles. The van der Waals surface area contributed by atoms with Crippen LogP contribution in [0.25, 0.3) is 0 Å². The van der Waals surface area contributed by atoms with E-state index in [0.717, 1.165) is 124 Å². The number of ether oxygens (including phenoxy) is 1. The van der Waals surface area contributed by atoms with Gasteiger partial charge in [0.25, 0.3) is 0 Å². The predicted octanol–water partition coefficient (Wildman–Crippen LogP) is 14.4. The van der Waals surface area contributed by atoms with E-state index in [4.69, 9.17) is 13.6 Å². The van der Waals surface area contributed by atoms with Gasteiger partial charge in [-0.25, -0.2) is 0 Å². The molecule has 0 saturated heterocycles. The van der Waals surface area contributed by atoms with E-state index in [1.54, 1.807) is 7.11 Å². The predicted molar refractivity (Wildman–Crippen MR) is 290 cm³/mol. The Morgan fingerprint density at radius 3 is 1.10 bits per heavy atom. The van der Waals surface area contributed by atoms with Crippen molar-refractivity contribution < 1.29 is 55.7 Å². The van der Waals surface area contributed by atoms with Crippen molar-refractivity contribution in [2.24, 2.45) is 0 Å². The summed E-state index contributed by atoms with van der Waals surface area (Å²) >= 11 is 0. The number of fused-ring (bicyclic) bond motifs is 2. The zero-order valence-electron chi connectivity index (χ0n) is 46.3. The molecule has 0 spiro atoms. The monoisotopic (exact) mass is 1020 g/mol. The second-order valence-electron chi connectivity index (χ2n) is 26.2. The Labute approximate surface area is 444 Å². The van der Waals surface area contributed by atoms with Gasteiger partial charge >= 0.3 is 8.56 Å². The number of phenolic OH excluding ortho intramolecular Hbond substituents is 2. The molecule has 4 aromatic rings. The van der Waals surface area contributed by atoms with Crippen LogP contribution < -0.4 is 8.85 Å². The van der Waals surface area contributed by atoms with E-state index < -0.39 is 19.8 Å². The Kier molecular flexibility index (Phi) is 16.9. The summed E-state index contributed by atoms with van der Waals surface area (Å²) in [5.74, 6) is 2.35. The molecule has 2 fully saturated rings. The summed E-state index contributed by atoms with van der Waals surface area (Å²) in [5, 5.41) is 45.9. The molecule has 0 aromatic heterocycles. The van der Waals surface area contributed by atoms with Crippen LogP contribution in [0.15, 0.2) is 60.2 Å². The minimum Gasteiger partial charge on any atom is -0.512 e. The van der Waals surface area contributed by atoms with Crippen molar-refractivity contribution in [1.29, 1.82) is 0 Å². The second-order valence-corrected chi connectivity index (χ2v) is 29.4. The Hall–Kier alpha value is -3.37. The Bertz CT molecular complexity index is 2440. The number of aromatic hydroxyl groups is 2. The molecule has 0 amide bonds. The molecule has 2 saturated carbocycles. The van der Waals surface area contributed by atoms with Crippen LogP contribution in [0.2, 0.25) is 13.1 Å². The molecule has 0 radical (unpaired) electrons. The van der Waals surface area contributed by atoms with Gasteiger partial charge in [-0.3, -0.25) is 0 Å². The topological polar surface area (TPSA) is 109 Å². The molecule has 2 aliphatic heterocycles. The second kappa shape index (κ2) is 21.1. The molecule has 0 atom stereocenters. The van der Waals surface area contributed by atoms with Crippen molar-refractivity contribution in [2.45, 2.75) is 219 Å². The number of hydrogen-bond donors (Lipinski definition) is 4. The van der Waals surface area contributed by atoms with Gasteiger partial charge in [0.05, 0.1) is 17.8 Å². The van der Waals surface area contributed by atoms with Gasteiger partial charge in [0.15, 0.2) is 0 Å². The Balaban J connectivity index is 0.000000346. The number of hydrogen-bond acceptors (Lipinski definition) is 7. The molecule has 4 aromatic carbocycles. The normalized spacial score (nSPS) is 18.7. The molecular weight excluding hydrogens is 933 g/mol. The van der Waals surface area contributed by atoms with Crippen LogP contribution >= 0.6 is 0 Å². The van der Waals surface area contributed by atoms with E-state index in [1.807, 2.05) is 6.08 Å². The number of rotatable bonds is 4. The van der Waals surface area contributed by atoms with Crippen LogP contribution in [-0.4, -0.2) is 53.9 Å². The third kappa shape index (κ3) is 13.3. The average molecular weight is 1020 g/mol. The third-order valence-electron chi connectivity index (χ3n) is 15.4. The van der Waals surface area contributed by atoms with Gasteiger partial charge in [-0.2, -0.15) is 0 Å². The quantitative estimate of drug-likeness (QED) is 0.105. The van der Waals surface area contributed by atoms with E-state index in [9.17, 15) is 20.4 Å². The number of methoxy groups -OCH3 is 1. The molecule has 9 heteroatoms. The fourth-order valence-corrected chi connectivity index (χ4v) is 12.5. The summed E-state index contributed by atoms with van der Waals surface area (Å²) in [6.45, 7) is 31.6. The molecule has 4 N–H and O–H groups in total. The summed E-state index contributed by atoms with van der Waals surface area (Å²) in [4.78, 5) is 0. The van der Waals surface area contributed by atoms with Crippen LogP contribution in [0.1, 0.15) is 214 Å². The van der Waals surface area contributed by atoms with Gasteiger partial charge in [-0.05, 0) is 126 Å². The summed E-state index contributed by atoms with van der Waals surface area (Å²) in [6, 6.07) is 17.9. The maximum absolute atomic E-state index is 12.2. The van der Waals surface area contributed by atoms with Crippen molar-refractivity contribution in [3.8, 4) is 23.0 Å². The van der Waals surface area contributed by atoms with Gasteiger partial charge in [-0.15, -0.1) is 0 Å². The summed E-state index contributed by atoms with van der Waals surface area (Å²) in [6.07, 6.45) is 14.0. The van der Waals surface area contributed by atoms with Gasteiger partial charge in [0.1, 0.15) is 23.0 Å². The maximum Gasteiger partial charge on any atom is 0.454 e. The fraction of sp³-hybridized carbons (Fsp3) is 0.581. The van der Waals surface area contributed by atoms with Crippen molar-refractivity contribution in [3.63, 3.8) is 0 Å². The van der Waals surface area contributed by atoms with Crippen LogP contribution in [0.3, 0.4) is 0 Å². The number of phenols is 2. The third-order valence-corrected chi connectivity index (χ3v) is 16.8. The molecule has 5 aliphatic rings. The molecule has 10 bridgehead atoms. The summed E-state index contributed by atoms with van der Waals surface area (Å²) < 4.78 is 19.5. The first-order chi connectivity index (χ1) is 32.4. The zero-order chi connectivity index (χ0) is 51.4. The van der Waals surface area contributed by atoms with Crippen molar-refractivity contribution in [1.82, 2.24) is 0 Å². The van der Waals surface area contributed by atoms with Crippen LogP contribution in [0, 0.1) is 0 Å². The summed E-state index contributed by atoms with van der Waals surface area (Å²) in [7, 11) is -1.17. The fourth-order valence-electron chi connectivity index (χ4n) is 11.0. The van der Waals surface area contributed by atoms with Gasteiger partial charge < -0.3 is 34.0 Å². The largest absolute Gasteiger partial charge is 0.512 e. The first-order valence-corrected chi connectivity index (χ1v) is 29.3.